The zero-order chi connectivity index (χ0) is 23.1. The maximum atomic E-state index is 13.0. The molecule has 1 aliphatic rings. The van der Waals surface area contributed by atoms with Gasteiger partial charge in [-0.3, -0.25) is 14.5 Å². The molecular formula is C23H24ClN3O4S. The number of benzene rings is 2. The van der Waals surface area contributed by atoms with Gasteiger partial charge in [0.25, 0.3) is 0 Å². The summed E-state index contributed by atoms with van der Waals surface area (Å²) in [6.07, 6.45) is 0.0712. The number of amides is 2. The van der Waals surface area contributed by atoms with E-state index in [0.29, 0.717) is 34.6 Å². The Balaban J connectivity index is 1.91. The third kappa shape index (κ3) is 5.89. The van der Waals surface area contributed by atoms with Crippen LogP contribution < -0.4 is 5.32 Å². The van der Waals surface area contributed by atoms with Gasteiger partial charge in [-0.25, -0.2) is 9.79 Å². The molecule has 0 aromatic heterocycles. The smallest absolute Gasteiger partial charge is 0.338 e. The van der Waals surface area contributed by atoms with Crippen molar-refractivity contribution in [1.82, 2.24) is 10.2 Å². The molecule has 0 spiro atoms. The lowest BCUT2D eigenvalue weighted by Crippen LogP contribution is -2.46. The molecule has 2 aromatic rings. The predicted octanol–water partition coefficient (Wildman–Crippen LogP) is 4.17. The average Bonchev–Trinajstić information content (AvgIpc) is 2.78. The van der Waals surface area contributed by atoms with E-state index in [1.807, 2.05) is 25.1 Å². The molecule has 0 aliphatic carbocycles. The molecule has 3 rings (SSSR count). The fourth-order valence-corrected chi connectivity index (χ4v) is 4.40. The van der Waals surface area contributed by atoms with Crippen molar-refractivity contribution in [1.29, 1.82) is 0 Å². The van der Waals surface area contributed by atoms with E-state index < -0.39 is 11.2 Å². The van der Waals surface area contributed by atoms with E-state index in [4.69, 9.17) is 16.3 Å². The topological polar surface area (TPSA) is 88.1 Å². The van der Waals surface area contributed by atoms with Crippen molar-refractivity contribution in [2.75, 3.05) is 13.2 Å². The fourth-order valence-electron chi connectivity index (χ4n) is 3.08. The molecule has 0 radical (unpaired) electrons. The summed E-state index contributed by atoms with van der Waals surface area (Å²) in [6.45, 7) is 4.59. The van der Waals surface area contributed by atoms with E-state index in [1.54, 1.807) is 42.2 Å². The van der Waals surface area contributed by atoms with E-state index in [2.05, 4.69) is 10.3 Å². The molecule has 7 nitrogen and oxygen atoms in total. The highest BCUT2D eigenvalue weighted by Crippen LogP contribution is 2.31. The molecule has 1 saturated heterocycles. The molecule has 9 heteroatoms. The minimum Gasteiger partial charge on any atom is -0.462 e. The highest BCUT2D eigenvalue weighted by molar-refractivity contribution is 8.15. The summed E-state index contributed by atoms with van der Waals surface area (Å²) in [6, 6.07) is 13.9. The van der Waals surface area contributed by atoms with Crippen LogP contribution in [0.4, 0.5) is 5.69 Å². The van der Waals surface area contributed by atoms with E-state index in [1.165, 1.54) is 11.8 Å². The maximum absolute atomic E-state index is 13.0. The number of nitrogens with one attached hydrogen (secondary N) is 1. The number of amidine groups is 1. The predicted molar refractivity (Wildman–Crippen MR) is 126 cm³/mol. The number of nitrogens with zero attached hydrogens (tertiary/aromatic N) is 2. The summed E-state index contributed by atoms with van der Waals surface area (Å²) in [5, 5.41) is 3.15. The molecular weight excluding hydrogens is 450 g/mol. The van der Waals surface area contributed by atoms with Gasteiger partial charge in [-0.05, 0) is 49.7 Å². The van der Waals surface area contributed by atoms with E-state index in [0.717, 1.165) is 5.56 Å². The van der Waals surface area contributed by atoms with Crippen LogP contribution in [0.1, 0.15) is 36.2 Å². The first-order chi connectivity index (χ1) is 15.4. The number of hydrogen-bond acceptors (Lipinski definition) is 6. The number of carbonyl (C=O) groups excluding carboxylic acids is 3. The van der Waals surface area contributed by atoms with Crippen LogP contribution in [0.2, 0.25) is 5.02 Å². The lowest BCUT2D eigenvalue weighted by Gasteiger charge is -2.32. The molecule has 32 heavy (non-hydrogen) atoms. The van der Waals surface area contributed by atoms with Crippen LogP contribution in [0.3, 0.4) is 0 Å². The van der Waals surface area contributed by atoms with Crippen LogP contribution >= 0.6 is 23.4 Å². The van der Waals surface area contributed by atoms with Gasteiger partial charge < -0.3 is 10.1 Å². The maximum Gasteiger partial charge on any atom is 0.338 e. The van der Waals surface area contributed by atoms with Crippen LogP contribution in [0.15, 0.2) is 53.5 Å². The Kier molecular flexibility index (Phi) is 8.30. The minimum absolute atomic E-state index is 0.0712. The molecule has 0 saturated carbocycles. The van der Waals surface area contributed by atoms with Crippen molar-refractivity contribution in [3.05, 3.63) is 64.7 Å². The lowest BCUT2D eigenvalue weighted by atomic mass is 10.2. The first-order valence-electron chi connectivity index (χ1n) is 10.3. The second-order valence-corrected chi connectivity index (χ2v) is 8.52. The van der Waals surface area contributed by atoms with Gasteiger partial charge in [-0.2, -0.15) is 0 Å². The van der Waals surface area contributed by atoms with Crippen LogP contribution in [0.5, 0.6) is 0 Å². The molecule has 2 amide bonds. The third-order valence-electron chi connectivity index (χ3n) is 4.67. The molecule has 1 N–H and O–H groups in total. The van der Waals surface area contributed by atoms with Gasteiger partial charge in [0.15, 0.2) is 5.17 Å². The SMILES string of the molecule is CCNC(=O)C1CC(=O)N(Cc2ccccc2Cl)C(=Nc2ccc(C(=O)OCC)cc2)S1. The van der Waals surface area contributed by atoms with Gasteiger partial charge in [0, 0.05) is 18.0 Å². The summed E-state index contributed by atoms with van der Waals surface area (Å²) < 4.78 is 5.00. The van der Waals surface area contributed by atoms with Crippen LogP contribution in [0, 0.1) is 0 Å². The van der Waals surface area contributed by atoms with Gasteiger partial charge in [-0.15, -0.1) is 0 Å². The van der Waals surface area contributed by atoms with Gasteiger partial charge >= 0.3 is 5.97 Å². The largest absolute Gasteiger partial charge is 0.462 e. The average molecular weight is 474 g/mol. The summed E-state index contributed by atoms with van der Waals surface area (Å²) in [5.74, 6) is -0.819. The number of halogens is 1. The molecule has 1 fully saturated rings. The number of aliphatic imine (C=N–C) groups is 1. The monoisotopic (exact) mass is 473 g/mol. The van der Waals surface area contributed by atoms with Crippen molar-refractivity contribution >= 4 is 52.0 Å². The van der Waals surface area contributed by atoms with Crippen LogP contribution in [-0.2, 0) is 20.9 Å². The van der Waals surface area contributed by atoms with Crippen LogP contribution in [0.25, 0.3) is 0 Å². The quantitative estimate of drug-likeness (QED) is 0.609. The van der Waals surface area contributed by atoms with Crippen molar-refractivity contribution in [3.63, 3.8) is 0 Å². The Hall–Kier alpha value is -2.84. The van der Waals surface area contributed by atoms with Crippen molar-refractivity contribution in [3.8, 4) is 0 Å². The van der Waals surface area contributed by atoms with Gasteiger partial charge in [-0.1, -0.05) is 41.6 Å². The number of thioether (sulfide) groups is 1. The van der Waals surface area contributed by atoms with Crippen molar-refractivity contribution < 1.29 is 19.1 Å². The number of esters is 1. The second kappa shape index (κ2) is 11.2. The van der Waals surface area contributed by atoms with Crippen LogP contribution in [-0.4, -0.2) is 46.3 Å². The van der Waals surface area contributed by atoms with Gasteiger partial charge in [0.2, 0.25) is 11.8 Å². The molecule has 1 aliphatic heterocycles. The Labute approximate surface area is 196 Å². The Bertz CT molecular complexity index is 1030. The number of carbonyl (C=O) groups is 3. The molecule has 2 aromatic carbocycles. The molecule has 0 bridgehead atoms. The highest BCUT2D eigenvalue weighted by atomic mass is 35.5. The second-order valence-electron chi connectivity index (χ2n) is 6.94. The van der Waals surface area contributed by atoms with Crippen molar-refractivity contribution in [2.24, 2.45) is 4.99 Å². The number of rotatable bonds is 7. The lowest BCUT2D eigenvalue weighted by molar-refractivity contribution is -0.130. The van der Waals surface area contributed by atoms with Gasteiger partial charge in [0.1, 0.15) is 0 Å². The molecule has 1 unspecified atom stereocenters. The van der Waals surface area contributed by atoms with Gasteiger partial charge in [0.05, 0.1) is 29.7 Å². The normalized spacial score (nSPS) is 17.3. The van der Waals surface area contributed by atoms with E-state index in [-0.39, 0.29) is 24.8 Å². The van der Waals surface area contributed by atoms with Crippen molar-refractivity contribution in [2.45, 2.75) is 32.1 Å². The number of ether oxygens (including phenoxy) is 1. The summed E-state index contributed by atoms with van der Waals surface area (Å²) in [5.41, 5.74) is 1.75. The Morgan fingerprint density at radius 2 is 1.91 bits per heavy atom. The van der Waals surface area contributed by atoms with E-state index in [9.17, 15) is 14.4 Å². The summed E-state index contributed by atoms with van der Waals surface area (Å²) in [7, 11) is 0. The van der Waals surface area contributed by atoms with E-state index >= 15 is 0 Å². The summed E-state index contributed by atoms with van der Waals surface area (Å²) in [4.78, 5) is 43.5. The zero-order valence-electron chi connectivity index (χ0n) is 17.8. The Morgan fingerprint density at radius 3 is 2.56 bits per heavy atom. The molecule has 1 atom stereocenters. The first-order valence-corrected chi connectivity index (χ1v) is 11.5. The molecule has 1 heterocycles. The number of hydrogen-bond donors (Lipinski definition) is 1. The fraction of sp³-hybridized carbons (Fsp3) is 0.304. The standard InChI is InChI=1S/C23H24ClN3O4S/c1-3-25-21(29)19-13-20(28)27(14-16-7-5-6-8-18(16)24)23(32-19)26-17-11-9-15(10-12-17)22(30)31-4-2/h5-12,19H,3-4,13-14H2,1-2H3,(H,25,29). The molecule has 168 valence electrons. The third-order valence-corrected chi connectivity index (χ3v) is 6.23. The first kappa shape index (κ1) is 23.8. The minimum atomic E-state index is -0.567. The summed E-state index contributed by atoms with van der Waals surface area (Å²) >= 11 is 7.54. The Morgan fingerprint density at radius 1 is 1.19 bits per heavy atom. The highest BCUT2D eigenvalue weighted by Gasteiger charge is 2.36. The zero-order valence-corrected chi connectivity index (χ0v) is 19.4.